The van der Waals surface area contributed by atoms with Crippen LogP contribution in [-0.2, 0) is 18.0 Å². The second kappa shape index (κ2) is 11.1. The number of carbonyl (C=O) groups excluding carboxylic acids is 1. The SMILES string of the molecule is CCCCCCCCOCCCNC(=O)c1cnn(C)c1C(F)(F)F. The van der Waals surface area contributed by atoms with Crippen molar-refractivity contribution in [3.05, 3.63) is 17.5 Å². The molecule has 1 heterocycles. The van der Waals surface area contributed by atoms with Crippen molar-refractivity contribution in [2.24, 2.45) is 7.05 Å². The number of aryl methyl sites for hydroxylation is 1. The maximum absolute atomic E-state index is 12.9. The number of nitrogens with one attached hydrogen (secondary N) is 1. The van der Waals surface area contributed by atoms with Gasteiger partial charge in [0.25, 0.3) is 5.91 Å². The molecule has 1 amide bonds. The first kappa shape index (κ1) is 21.5. The molecule has 0 aliphatic heterocycles. The quantitative estimate of drug-likeness (QED) is 0.573. The first-order valence-electron chi connectivity index (χ1n) is 8.83. The summed E-state index contributed by atoms with van der Waals surface area (Å²) in [5.41, 5.74) is -1.49. The van der Waals surface area contributed by atoms with Crippen LogP contribution >= 0.6 is 0 Å². The van der Waals surface area contributed by atoms with E-state index in [2.05, 4.69) is 17.3 Å². The van der Waals surface area contributed by atoms with Gasteiger partial charge in [-0.05, 0) is 12.8 Å². The van der Waals surface area contributed by atoms with Crippen LogP contribution in [0.1, 0.15) is 67.9 Å². The molecule has 8 heteroatoms. The van der Waals surface area contributed by atoms with Crippen molar-refractivity contribution >= 4 is 5.91 Å². The minimum absolute atomic E-state index is 0.265. The highest BCUT2D eigenvalue weighted by molar-refractivity contribution is 5.95. The van der Waals surface area contributed by atoms with Crippen molar-refractivity contribution in [3.63, 3.8) is 0 Å². The average molecular weight is 363 g/mol. The van der Waals surface area contributed by atoms with Crippen LogP contribution < -0.4 is 5.32 Å². The second-order valence-corrected chi connectivity index (χ2v) is 6.02. The third-order valence-corrected chi connectivity index (χ3v) is 3.85. The number of rotatable bonds is 12. The summed E-state index contributed by atoms with van der Waals surface area (Å²) in [5.74, 6) is -0.767. The first-order valence-corrected chi connectivity index (χ1v) is 8.83. The zero-order valence-corrected chi connectivity index (χ0v) is 15.0. The van der Waals surface area contributed by atoms with Gasteiger partial charge < -0.3 is 10.1 Å². The van der Waals surface area contributed by atoms with Crippen LogP contribution in [0.15, 0.2) is 6.20 Å². The summed E-state index contributed by atoms with van der Waals surface area (Å²) in [6.07, 6.45) is 4.03. The van der Waals surface area contributed by atoms with Gasteiger partial charge in [-0.25, -0.2) is 0 Å². The van der Waals surface area contributed by atoms with E-state index in [0.717, 1.165) is 26.1 Å². The molecule has 0 spiro atoms. The molecule has 0 aromatic carbocycles. The van der Waals surface area contributed by atoms with Crippen LogP contribution in [0.2, 0.25) is 0 Å². The third-order valence-electron chi connectivity index (χ3n) is 3.85. The Balaban J connectivity index is 2.16. The Kier molecular flexibility index (Phi) is 9.55. The summed E-state index contributed by atoms with van der Waals surface area (Å²) in [4.78, 5) is 11.9. The monoisotopic (exact) mass is 363 g/mol. The lowest BCUT2D eigenvalue weighted by molar-refractivity contribution is -0.144. The van der Waals surface area contributed by atoms with E-state index in [9.17, 15) is 18.0 Å². The number of hydrogen-bond acceptors (Lipinski definition) is 3. The lowest BCUT2D eigenvalue weighted by Gasteiger charge is -2.10. The highest BCUT2D eigenvalue weighted by atomic mass is 19.4. The fraction of sp³-hybridized carbons (Fsp3) is 0.765. The van der Waals surface area contributed by atoms with Gasteiger partial charge in [0, 0.05) is 26.8 Å². The van der Waals surface area contributed by atoms with E-state index in [4.69, 9.17) is 4.74 Å². The molecular formula is C17H28F3N3O2. The molecule has 0 radical (unpaired) electrons. The number of ether oxygens (including phenoxy) is 1. The molecule has 0 fully saturated rings. The zero-order chi connectivity index (χ0) is 18.7. The van der Waals surface area contributed by atoms with E-state index < -0.39 is 23.3 Å². The zero-order valence-electron chi connectivity index (χ0n) is 15.0. The Morgan fingerprint density at radius 3 is 2.48 bits per heavy atom. The van der Waals surface area contributed by atoms with Crippen LogP contribution in [0.5, 0.6) is 0 Å². The molecular weight excluding hydrogens is 335 g/mol. The van der Waals surface area contributed by atoms with E-state index in [-0.39, 0.29) is 6.54 Å². The molecule has 0 unspecified atom stereocenters. The molecule has 144 valence electrons. The van der Waals surface area contributed by atoms with E-state index in [1.165, 1.54) is 25.7 Å². The predicted molar refractivity (Wildman–Crippen MR) is 89.4 cm³/mol. The van der Waals surface area contributed by atoms with Crippen molar-refractivity contribution in [2.75, 3.05) is 19.8 Å². The molecule has 0 aliphatic carbocycles. The Morgan fingerprint density at radius 1 is 1.16 bits per heavy atom. The van der Waals surface area contributed by atoms with Crippen molar-refractivity contribution in [1.29, 1.82) is 0 Å². The molecule has 1 aromatic heterocycles. The van der Waals surface area contributed by atoms with Gasteiger partial charge in [-0.3, -0.25) is 9.48 Å². The number of hydrogen-bond donors (Lipinski definition) is 1. The highest BCUT2D eigenvalue weighted by Crippen LogP contribution is 2.31. The number of unbranched alkanes of at least 4 members (excludes halogenated alkanes) is 5. The molecule has 0 bridgehead atoms. The maximum atomic E-state index is 12.9. The minimum atomic E-state index is -4.61. The van der Waals surface area contributed by atoms with Gasteiger partial charge in [0.1, 0.15) is 0 Å². The number of amides is 1. The molecule has 0 saturated carbocycles. The van der Waals surface area contributed by atoms with Gasteiger partial charge in [0.15, 0.2) is 5.69 Å². The van der Waals surface area contributed by atoms with Crippen LogP contribution in [0.4, 0.5) is 13.2 Å². The number of aromatic nitrogens is 2. The van der Waals surface area contributed by atoms with E-state index in [1.54, 1.807) is 0 Å². The summed E-state index contributed by atoms with van der Waals surface area (Å²) < 4.78 is 44.8. The lowest BCUT2D eigenvalue weighted by atomic mass is 10.1. The van der Waals surface area contributed by atoms with Crippen LogP contribution in [0.3, 0.4) is 0 Å². The van der Waals surface area contributed by atoms with Gasteiger partial charge in [-0.15, -0.1) is 0 Å². The third kappa shape index (κ3) is 7.90. The Bertz CT molecular complexity index is 516. The van der Waals surface area contributed by atoms with Crippen molar-refractivity contribution in [1.82, 2.24) is 15.1 Å². The van der Waals surface area contributed by atoms with Gasteiger partial charge in [0.2, 0.25) is 0 Å². The fourth-order valence-corrected chi connectivity index (χ4v) is 2.50. The Labute approximate surface area is 146 Å². The number of halogens is 3. The lowest BCUT2D eigenvalue weighted by Crippen LogP contribution is -2.28. The highest BCUT2D eigenvalue weighted by Gasteiger charge is 2.39. The number of nitrogens with zero attached hydrogens (tertiary/aromatic N) is 2. The fourth-order valence-electron chi connectivity index (χ4n) is 2.50. The van der Waals surface area contributed by atoms with Gasteiger partial charge in [0.05, 0.1) is 11.8 Å². The topological polar surface area (TPSA) is 56.1 Å². The number of carbonyl (C=O) groups is 1. The smallest absolute Gasteiger partial charge is 0.381 e. The van der Waals surface area contributed by atoms with Crippen LogP contribution in [0, 0.1) is 0 Å². The molecule has 0 saturated heterocycles. The maximum Gasteiger partial charge on any atom is 0.433 e. The molecule has 1 N–H and O–H groups in total. The molecule has 25 heavy (non-hydrogen) atoms. The Morgan fingerprint density at radius 2 is 1.80 bits per heavy atom. The minimum Gasteiger partial charge on any atom is -0.381 e. The van der Waals surface area contributed by atoms with Crippen molar-refractivity contribution in [3.8, 4) is 0 Å². The largest absolute Gasteiger partial charge is 0.433 e. The second-order valence-electron chi connectivity index (χ2n) is 6.02. The summed E-state index contributed by atoms with van der Waals surface area (Å²) in [6, 6.07) is 0. The average Bonchev–Trinajstić information content (AvgIpc) is 2.94. The van der Waals surface area contributed by atoms with Gasteiger partial charge >= 0.3 is 6.18 Å². The summed E-state index contributed by atoms with van der Waals surface area (Å²) in [7, 11) is 1.16. The van der Waals surface area contributed by atoms with E-state index in [0.29, 0.717) is 24.3 Å². The molecule has 1 rings (SSSR count). The Hall–Kier alpha value is -1.57. The van der Waals surface area contributed by atoms with E-state index >= 15 is 0 Å². The first-order chi connectivity index (χ1) is 11.9. The molecule has 5 nitrogen and oxygen atoms in total. The summed E-state index contributed by atoms with van der Waals surface area (Å²) in [5, 5.41) is 6.00. The molecule has 0 atom stereocenters. The van der Waals surface area contributed by atoms with Crippen molar-refractivity contribution < 1.29 is 22.7 Å². The van der Waals surface area contributed by atoms with E-state index in [1.807, 2.05) is 0 Å². The summed E-state index contributed by atoms with van der Waals surface area (Å²) in [6.45, 7) is 3.61. The summed E-state index contributed by atoms with van der Waals surface area (Å²) >= 11 is 0. The predicted octanol–water partition coefficient (Wildman–Crippen LogP) is 3.94. The van der Waals surface area contributed by atoms with Crippen LogP contribution in [0.25, 0.3) is 0 Å². The molecule has 1 aromatic rings. The van der Waals surface area contributed by atoms with Crippen molar-refractivity contribution in [2.45, 2.75) is 58.0 Å². The van der Waals surface area contributed by atoms with Crippen LogP contribution in [-0.4, -0.2) is 35.4 Å². The van der Waals surface area contributed by atoms with Gasteiger partial charge in [-0.2, -0.15) is 18.3 Å². The number of alkyl halides is 3. The van der Waals surface area contributed by atoms with Gasteiger partial charge in [-0.1, -0.05) is 39.0 Å². The molecule has 0 aliphatic rings. The standard InChI is InChI=1S/C17H28F3N3O2/c1-3-4-5-6-7-8-11-25-12-9-10-21-16(24)14-13-22-23(2)15(14)17(18,19)20/h13H,3-12H2,1-2H3,(H,21,24). The normalized spacial score (nSPS) is 11.7.